The zero-order valence-electron chi connectivity index (χ0n) is 11.2. The van der Waals surface area contributed by atoms with Gasteiger partial charge >= 0.3 is 0 Å². The van der Waals surface area contributed by atoms with Gasteiger partial charge in [-0.2, -0.15) is 0 Å². The number of benzene rings is 1. The van der Waals surface area contributed by atoms with E-state index in [1.165, 1.54) is 16.7 Å². The number of aromatic nitrogens is 1. The Hall–Kier alpha value is -1.06. The van der Waals surface area contributed by atoms with Crippen LogP contribution in [0.4, 0.5) is 5.69 Å². The Labute approximate surface area is 127 Å². The fraction of sp³-hybridized carbons (Fsp3) is 0.267. The van der Waals surface area contributed by atoms with Crippen molar-refractivity contribution >= 4 is 33.2 Å². The van der Waals surface area contributed by atoms with Crippen LogP contribution in [-0.4, -0.2) is 4.98 Å². The van der Waals surface area contributed by atoms with Crippen molar-refractivity contribution in [2.75, 3.05) is 5.32 Å². The van der Waals surface area contributed by atoms with Crippen molar-refractivity contribution in [3.05, 3.63) is 56.8 Å². The van der Waals surface area contributed by atoms with E-state index in [4.69, 9.17) is 11.6 Å². The van der Waals surface area contributed by atoms with Crippen molar-refractivity contribution in [1.29, 1.82) is 0 Å². The number of rotatable bonds is 3. The van der Waals surface area contributed by atoms with Gasteiger partial charge in [-0.25, -0.2) is 4.98 Å². The molecule has 0 saturated carbocycles. The van der Waals surface area contributed by atoms with Gasteiger partial charge in [0.05, 0.1) is 5.69 Å². The summed E-state index contributed by atoms with van der Waals surface area (Å²) in [6.45, 7) is 6.35. The van der Waals surface area contributed by atoms with E-state index < -0.39 is 0 Å². The first kappa shape index (κ1) is 14.4. The minimum atomic E-state index is 0.175. The third kappa shape index (κ3) is 3.48. The predicted octanol–water partition coefficient (Wildman–Crippen LogP) is 5.29. The quantitative estimate of drug-likeness (QED) is 0.769. The van der Waals surface area contributed by atoms with Crippen LogP contribution >= 0.6 is 27.5 Å². The second-order valence-electron chi connectivity index (χ2n) is 4.72. The molecule has 1 unspecified atom stereocenters. The Balaban J connectivity index is 2.25. The molecule has 0 amide bonds. The van der Waals surface area contributed by atoms with Crippen LogP contribution in [-0.2, 0) is 0 Å². The predicted molar refractivity (Wildman–Crippen MR) is 84.9 cm³/mol. The molecule has 100 valence electrons. The first-order valence-electron chi connectivity index (χ1n) is 6.12. The van der Waals surface area contributed by atoms with Crippen molar-refractivity contribution in [2.45, 2.75) is 26.8 Å². The van der Waals surface area contributed by atoms with Gasteiger partial charge in [-0.3, -0.25) is 0 Å². The standard InChI is InChI=1S/C15H16BrClN2/c1-9-4-5-13(10(2)6-9)11(3)19-14-7-12(16)8-18-15(14)17/h4-8,11,19H,1-3H3. The van der Waals surface area contributed by atoms with E-state index in [9.17, 15) is 0 Å². The van der Waals surface area contributed by atoms with E-state index in [1.807, 2.05) is 6.07 Å². The summed E-state index contributed by atoms with van der Waals surface area (Å²) < 4.78 is 0.909. The molecule has 4 heteroatoms. The molecule has 0 aliphatic heterocycles. The summed E-state index contributed by atoms with van der Waals surface area (Å²) >= 11 is 9.50. The average molecular weight is 340 g/mol. The number of hydrogen-bond donors (Lipinski definition) is 1. The van der Waals surface area contributed by atoms with Crippen LogP contribution in [0.5, 0.6) is 0 Å². The average Bonchev–Trinajstić information content (AvgIpc) is 2.33. The highest BCUT2D eigenvalue weighted by Crippen LogP contribution is 2.28. The molecule has 0 fully saturated rings. The number of nitrogens with one attached hydrogen (secondary N) is 1. The van der Waals surface area contributed by atoms with Gasteiger partial charge in [0.25, 0.3) is 0 Å². The highest BCUT2D eigenvalue weighted by Gasteiger charge is 2.11. The van der Waals surface area contributed by atoms with Crippen molar-refractivity contribution in [3.63, 3.8) is 0 Å². The zero-order chi connectivity index (χ0) is 14.0. The lowest BCUT2D eigenvalue weighted by molar-refractivity contribution is 0.871. The van der Waals surface area contributed by atoms with Crippen LogP contribution in [0.25, 0.3) is 0 Å². The lowest BCUT2D eigenvalue weighted by atomic mass is 10.0. The maximum Gasteiger partial charge on any atom is 0.152 e. The molecule has 1 aromatic heterocycles. The van der Waals surface area contributed by atoms with Crippen molar-refractivity contribution in [3.8, 4) is 0 Å². The summed E-state index contributed by atoms with van der Waals surface area (Å²) in [5.74, 6) is 0. The Morgan fingerprint density at radius 3 is 2.68 bits per heavy atom. The number of aryl methyl sites for hydroxylation is 2. The first-order chi connectivity index (χ1) is 8.97. The smallest absolute Gasteiger partial charge is 0.152 e. The van der Waals surface area contributed by atoms with E-state index in [2.05, 4.69) is 65.2 Å². The van der Waals surface area contributed by atoms with E-state index in [0.29, 0.717) is 5.15 Å². The molecule has 1 atom stereocenters. The Morgan fingerprint density at radius 2 is 2.00 bits per heavy atom. The molecule has 2 rings (SSSR count). The molecule has 2 aromatic rings. The number of hydrogen-bond acceptors (Lipinski definition) is 2. The number of pyridine rings is 1. The van der Waals surface area contributed by atoms with E-state index >= 15 is 0 Å². The molecule has 1 aromatic carbocycles. The van der Waals surface area contributed by atoms with E-state index in [1.54, 1.807) is 6.20 Å². The Bertz CT molecular complexity index is 599. The molecule has 1 heterocycles. The van der Waals surface area contributed by atoms with Gasteiger partial charge in [-0.1, -0.05) is 35.4 Å². The normalized spacial score (nSPS) is 12.3. The van der Waals surface area contributed by atoms with Gasteiger partial charge in [-0.05, 0) is 53.9 Å². The van der Waals surface area contributed by atoms with Crippen LogP contribution < -0.4 is 5.32 Å². The third-order valence-corrected chi connectivity index (χ3v) is 3.80. The SMILES string of the molecule is Cc1ccc(C(C)Nc2cc(Br)cnc2Cl)c(C)c1. The maximum absolute atomic E-state index is 6.10. The van der Waals surface area contributed by atoms with Crippen molar-refractivity contribution in [2.24, 2.45) is 0 Å². The Morgan fingerprint density at radius 1 is 1.26 bits per heavy atom. The molecule has 0 radical (unpaired) electrons. The lowest BCUT2D eigenvalue weighted by Crippen LogP contribution is -2.09. The molecule has 2 nitrogen and oxygen atoms in total. The summed E-state index contributed by atoms with van der Waals surface area (Å²) in [6, 6.07) is 8.58. The molecule has 0 aliphatic rings. The van der Waals surface area contributed by atoms with Gasteiger partial charge < -0.3 is 5.32 Å². The molecular formula is C15H16BrClN2. The second kappa shape index (κ2) is 5.93. The molecule has 0 spiro atoms. The van der Waals surface area contributed by atoms with Crippen LogP contribution in [0.3, 0.4) is 0 Å². The fourth-order valence-corrected chi connectivity index (χ4v) is 2.64. The largest absolute Gasteiger partial charge is 0.376 e. The van der Waals surface area contributed by atoms with Gasteiger partial charge in [0.1, 0.15) is 0 Å². The molecule has 0 saturated heterocycles. The topological polar surface area (TPSA) is 24.9 Å². The summed E-state index contributed by atoms with van der Waals surface area (Å²) in [5, 5.41) is 3.89. The third-order valence-electron chi connectivity index (χ3n) is 3.07. The van der Waals surface area contributed by atoms with Crippen LogP contribution in [0.1, 0.15) is 29.7 Å². The lowest BCUT2D eigenvalue weighted by Gasteiger charge is -2.19. The minimum Gasteiger partial charge on any atom is -0.376 e. The van der Waals surface area contributed by atoms with Gasteiger partial charge in [0, 0.05) is 16.7 Å². The second-order valence-corrected chi connectivity index (χ2v) is 5.99. The summed E-state index contributed by atoms with van der Waals surface area (Å²) in [6.07, 6.45) is 1.69. The molecular weight excluding hydrogens is 324 g/mol. The summed E-state index contributed by atoms with van der Waals surface area (Å²) in [4.78, 5) is 4.12. The number of halogens is 2. The fourth-order valence-electron chi connectivity index (χ4n) is 2.15. The Kier molecular flexibility index (Phi) is 4.48. The van der Waals surface area contributed by atoms with Gasteiger partial charge in [-0.15, -0.1) is 0 Å². The van der Waals surface area contributed by atoms with Crippen LogP contribution in [0.15, 0.2) is 34.9 Å². The maximum atomic E-state index is 6.10. The van der Waals surface area contributed by atoms with Crippen LogP contribution in [0, 0.1) is 13.8 Å². The van der Waals surface area contributed by atoms with Crippen molar-refractivity contribution in [1.82, 2.24) is 4.98 Å². The van der Waals surface area contributed by atoms with Crippen LogP contribution in [0.2, 0.25) is 5.15 Å². The summed E-state index contributed by atoms with van der Waals surface area (Å²) in [5.41, 5.74) is 4.65. The zero-order valence-corrected chi connectivity index (χ0v) is 13.5. The monoisotopic (exact) mass is 338 g/mol. The molecule has 1 N–H and O–H groups in total. The highest BCUT2D eigenvalue weighted by atomic mass is 79.9. The first-order valence-corrected chi connectivity index (χ1v) is 7.29. The highest BCUT2D eigenvalue weighted by molar-refractivity contribution is 9.10. The molecule has 0 bridgehead atoms. The number of anilines is 1. The molecule has 19 heavy (non-hydrogen) atoms. The minimum absolute atomic E-state index is 0.175. The van der Waals surface area contributed by atoms with Gasteiger partial charge in [0.2, 0.25) is 0 Å². The summed E-state index contributed by atoms with van der Waals surface area (Å²) in [7, 11) is 0. The van der Waals surface area contributed by atoms with E-state index in [0.717, 1.165) is 10.2 Å². The van der Waals surface area contributed by atoms with E-state index in [-0.39, 0.29) is 6.04 Å². The molecule has 0 aliphatic carbocycles. The van der Waals surface area contributed by atoms with Gasteiger partial charge in [0.15, 0.2) is 5.15 Å². The number of nitrogens with zero attached hydrogens (tertiary/aromatic N) is 1. The van der Waals surface area contributed by atoms with Crippen molar-refractivity contribution < 1.29 is 0 Å².